The number of nitrogens with two attached hydrogens (primary N) is 1. The van der Waals surface area contributed by atoms with Crippen molar-refractivity contribution in [1.82, 2.24) is 10.3 Å². The van der Waals surface area contributed by atoms with E-state index in [2.05, 4.69) is 15.5 Å². The van der Waals surface area contributed by atoms with Crippen molar-refractivity contribution >= 4 is 23.1 Å². The SMILES string of the molecule is NC(=NO)C1(C(=O)NCc2cscn2)CCCCCC1. The lowest BCUT2D eigenvalue weighted by atomic mass is 9.78. The maximum Gasteiger partial charge on any atom is 0.234 e. The Kier molecular flexibility index (Phi) is 4.94. The summed E-state index contributed by atoms with van der Waals surface area (Å²) in [6, 6.07) is 0. The predicted molar refractivity (Wildman–Crippen MR) is 77.5 cm³/mol. The molecular formula is C13H20N4O2S. The van der Waals surface area contributed by atoms with Crippen LogP contribution in [-0.2, 0) is 11.3 Å². The van der Waals surface area contributed by atoms with Crippen molar-refractivity contribution in [3.63, 3.8) is 0 Å². The van der Waals surface area contributed by atoms with E-state index >= 15 is 0 Å². The van der Waals surface area contributed by atoms with Crippen molar-refractivity contribution in [1.29, 1.82) is 0 Å². The van der Waals surface area contributed by atoms with Gasteiger partial charge in [-0.1, -0.05) is 30.8 Å². The maximum absolute atomic E-state index is 12.6. The summed E-state index contributed by atoms with van der Waals surface area (Å²) in [6.07, 6.45) is 5.26. The van der Waals surface area contributed by atoms with Gasteiger partial charge in [0.25, 0.3) is 0 Å². The fourth-order valence-electron chi connectivity index (χ4n) is 2.69. The minimum absolute atomic E-state index is 0.0233. The highest BCUT2D eigenvalue weighted by molar-refractivity contribution is 7.07. The number of amidine groups is 1. The van der Waals surface area contributed by atoms with Crippen LogP contribution in [0.4, 0.5) is 0 Å². The molecule has 0 radical (unpaired) electrons. The van der Waals surface area contributed by atoms with E-state index in [-0.39, 0.29) is 11.7 Å². The molecule has 1 amide bonds. The van der Waals surface area contributed by atoms with E-state index < -0.39 is 5.41 Å². The van der Waals surface area contributed by atoms with Crippen LogP contribution in [0.5, 0.6) is 0 Å². The minimum Gasteiger partial charge on any atom is -0.409 e. The fourth-order valence-corrected chi connectivity index (χ4v) is 3.25. The van der Waals surface area contributed by atoms with Crippen LogP contribution >= 0.6 is 11.3 Å². The molecule has 1 aromatic rings. The van der Waals surface area contributed by atoms with Gasteiger partial charge in [0, 0.05) is 5.38 Å². The lowest BCUT2D eigenvalue weighted by Crippen LogP contribution is -2.49. The number of amides is 1. The Balaban J connectivity index is 2.11. The number of thiazole rings is 1. The van der Waals surface area contributed by atoms with E-state index in [0.717, 1.165) is 31.4 Å². The van der Waals surface area contributed by atoms with E-state index in [4.69, 9.17) is 10.9 Å². The summed E-state index contributed by atoms with van der Waals surface area (Å²) in [7, 11) is 0. The molecule has 1 fully saturated rings. The van der Waals surface area contributed by atoms with Gasteiger partial charge in [0.1, 0.15) is 5.41 Å². The number of carbonyl (C=O) groups excluding carboxylic acids is 1. The Morgan fingerprint density at radius 1 is 1.45 bits per heavy atom. The van der Waals surface area contributed by atoms with Crippen LogP contribution in [0.15, 0.2) is 16.0 Å². The molecule has 1 heterocycles. The smallest absolute Gasteiger partial charge is 0.234 e. The van der Waals surface area contributed by atoms with Gasteiger partial charge in [-0.05, 0) is 12.8 Å². The first-order chi connectivity index (χ1) is 9.69. The molecule has 1 aromatic heterocycles. The molecule has 2 rings (SSSR count). The zero-order valence-electron chi connectivity index (χ0n) is 11.3. The van der Waals surface area contributed by atoms with Crippen LogP contribution in [-0.4, -0.2) is 21.9 Å². The number of carbonyl (C=O) groups is 1. The standard InChI is InChI=1S/C13H20N4O2S/c14-11(17-19)13(5-3-1-2-4-6-13)12(18)15-7-10-8-20-9-16-10/h8-9,19H,1-7H2,(H2,14,17)(H,15,18). The molecule has 0 aliphatic heterocycles. The van der Waals surface area contributed by atoms with Gasteiger partial charge in [-0.3, -0.25) is 4.79 Å². The number of hydrogen-bond acceptors (Lipinski definition) is 5. The van der Waals surface area contributed by atoms with Crippen molar-refractivity contribution in [3.05, 3.63) is 16.6 Å². The van der Waals surface area contributed by atoms with Gasteiger partial charge in [0.2, 0.25) is 5.91 Å². The van der Waals surface area contributed by atoms with Gasteiger partial charge in [-0.25, -0.2) is 4.98 Å². The normalized spacial score (nSPS) is 19.3. The fraction of sp³-hybridized carbons (Fsp3) is 0.615. The number of aromatic nitrogens is 1. The molecule has 0 aromatic carbocycles. The van der Waals surface area contributed by atoms with E-state index in [1.54, 1.807) is 5.51 Å². The molecule has 20 heavy (non-hydrogen) atoms. The highest BCUT2D eigenvalue weighted by atomic mass is 32.1. The van der Waals surface area contributed by atoms with Crippen molar-refractivity contribution in [3.8, 4) is 0 Å². The largest absolute Gasteiger partial charge is 0.409 e. The molecule has 6 nitrogen and oxygen atoms in total. The Bertz CT molecular complexity index is 465. The summed E-state index contributed by atoms with van der Waals surface area (Å²) in [5, 5.41) is 16.9. The molecule has 0 atom stereocenters. The molecular weight excluding hydrogens is 276 g/mol. The molecule has 110 valence electrons. The molecule has 4 N–H and O–H groups in total. The Hall–Kier alpha value is -1.63. The monoisotopic (exact) mass is 296 g/mol. The van der Waals surface area contributed by atoms with Crippen LogP contribution in [0.1, 0.15) is 44.2 Å². The number of nitrogens with one attached hydrogen (secondary N) is 1. The number of oxime groups is 1. The van der Waals surface area contributed by atoms with Crippen molar-refractivity contribution in [2.45, 2.75) is 45.1 Å². The average molecular weight is 296 g/mol. The lowest BCUT2D eigenvalue weighted by Gasteiger charge is -2.29. The minimum atomic E-state index is -0.874. The second kappa shape index (κ2) is 6.69. The maximum atomic E-state index is 12.6. The zero-order valence-corrected chi connectivity index (χ0v) is 12.2. The second-order valence-electron chi connectivity index (χ2n) is 5.14. The van der Waals surface area contributed by atoms with E-state index in [9.17, 15) is 4.79 Å². The van der Waals surface area contributed by atoms with E-state index in [0.29, 0.717) is 19.4 Å². The first kappa shape index (κ1) is 14.8. The molecule has 1 saturated carbocycles. The Morgan fingerprint density at radius 3 is 2.70 bits per heavy atom. The summed E-state index contributed by atoms with van der Waals surface area (Å²) < 4.78 is 0. The molecule has 1 aliphatic rings. The average Bonchev–Trinajstić information content (AvgIpc) is 2.86. The summed E-state index contributed by atoms with van der Waals surface area (Å²) in [5.74, 6) is -0.141. The van der Waals surface area contributed by atoms with Crippen LogP contribution in [0.2, 0.25) is 0 Å². The zero-order chi connectivity index (χ0) is 14.4. The van der Waals surface area contributed by atoms with Gasteiger partial charge >= 0.3 is 0 Å². The third-order valence-corrected chi connectivity index (χ3v) is 4.54. The summed E-state index contributed by atoms with van der Waals surface area (Å²) >= 11 is 1.49. The second-order valence-corrected chi connectivity index (χ2v) is 5.86. The van der Waals surface area contributed by atoms with Gasteiger partial charge in [0.05, 0.1) is 17.7 Å². The number of rotatable bonds is 4. The van der Waals surface area contributed by atoms with Crippen molar-refractivity contribution in [2.75, 3.05) is 0 Å². The number of hydrogen-bond donors (Lipinski definition) is 3. The van der Waals surface area contributed by atoms with Gasteiger partial charge in [-0.2, -0.15) is 0 Å². The summed E-state index contributed by atoms with van der Waals surface area (Å²) in [5.41, 5.74) is 7.51. The first-order valence-corrected chi connectivity index (χ1v) is 7.77. The molecule has 1 aliphatic carbocycles. The molecule has 0 unspecified atom stereocenters. The molecule has 0 bridgehead atoms. The van der Waals surface area contributed by atoms with Gasteiger partial charge in [-0.15, -0.1) is 11.3 Å². The lowest BCUT2D eigenvalue weighted by molar-refractivity contribution is -0.128. The quantitative estimate of drug-likeness (QED) is 0.259. The van der Waals surface area contributed by atoms with Crippen LogP contribution < -0.4 is 11.1 Å². The Morgan fingerprint density at radius 2 is 2.15 bits per heavy atom. The highest BCUT2D eigenvalue weighted by Crippen LogP contribution is 2.35. The first-order valence-electron chi connectivity index (χ1n) is 6.82. The predicted octanol–water partition coefficient (Wildman–Crippen LogP) is 1.85. The van der Waals surface area contributed by atoms with Gasteiger partial charge < -0.3 is 16.3 Å². The van der Waals surface area contributed by atoms with Crippen LogP contribution in [0, 0.1) is 5.41 Å². The molecule has 0 saturated heterocycles. The third-order valence-electron chi connectivity index (χ3n) is 3.90. The molecule has 7 heteroatoms. The summed E-state index contributed by atoms with van der Waals surface area (Å²) in [4.78, 5) is 16.7. The highest BCUT2D eigenvalue weighted by Gasteiger charge is 2.42. The topological polar surface area (TPSA) is 101 Å². The number of nitrogens with zero attached hydrogens (tertiary/aromatic N) is 2. The Labute approximate surface area is 122 Å². The van der Waals surface area contributed by atoms with E-state index in [1.165, 1.54) is 11.3 Å². The van der Waals surface area contributed by atoms with E-state index in [1.807, 2.05) is 5.38 Å². The third kappa shape index (κ3) is 3.09. The van der Waals surface area contributed by atoms with Crippen LogP contribution in [0.25, 0.3) is 0 Å². The van der Waals surface area contributed by atoms with Crippen molar-refractivity contribution < 1.29 is 10.0 Å². The summed E-state index contributed by atoms with van der Waals surface area (Å²) in [6.45, 7) is 0.378. The van der Waals surface area contributed by atoms with Gasteiger partial charge in [0.15, 0.2) is 5.84 Å². The van der Waals surface area contributed by atoms with Crippen LogP contribution in [0.3, 0.4) is 0 Å². The molecule has 0 spiro atoms. The van der Waals surface area contributed by atoms with Crippen molar-refractivity contribution in [2.24, 2.45) is 16.3 Å².